The van der Waals surface area contributed by atoms with Crippen molar-refractivity contribution in [2.75, 3.05) is 51.7 Å². The monoisotopic (exact) mass is 319 g/mol. The third kappa shape index (κ3) is 4.36. The quantitative estimate of drug-likeness (QED) is 0.819. The van der Waals surface area contributed by atoms with Crippen molar-refractivity contribution in [1.29, 1.82) is 0 Å². The molecule has 2 aliphatic heterocycles. The Balaban J connectivity index is 1.36. The van der Waals surface area contributed by atoms with E-state index in [1.54, 1.807) is 0 Å². The summed E-state index contributed by atoms with van der Waals surface area (Å²) in [6.07, 6.45) is 1.67. The molecule has 23 heavy (non-hydrogen) atoms. The number of hydrogen-bond acceptors (Lipinski definition) is 5. The molecule has 1 unspecified atom stereocenters. The lowest BCUT2D eigenvalue weighted by Crippen LogP contribution is -2.52. The summed E-state index contributed by atoms with van der Waals surface area (Å²) in [6.45, 7) is 5.57. The predicted molar refractivity (Wildman–Crippen MR) is 88.3 cm³/mol. The number of benzene rings is 1. The molecule has 1 atom stereocenters. The predicted octanol–water partition coefficient (Wildman–Crippen LogP) is 0.971. The maximum Gasteiger partial charge on any atom is 0.251 e. The van der Waals surface area contributed by atoms with E-state index < -0.39 is 0 Å². The first-order valence-corrected chi connectivity index (χ1v) is 8.33. The molecular formula is C17H25N3O3. The average Bonchev–Trinajstić information content (AvgIpc) is 3.11. The van der Waals surface area contributed by atoms with Crippen molar-refractivity contribution in [3.63, 3.8) is 0 Å². The Labute approximate surface area is 137 Å². The number of anilines is 1. The fraction of sp³-hybridized carbons (Fsp3) is 0.588. The summed E-state index contributed by atoms with van der Waals surface area (Å²) in [4.78, 5) is 16.5. The first-order chi connectivity index (χ1) is 11.2. The maximum absolute atomic E-state index is 12.3. The Bertz CT molecular complexity index is 506. The number of nitrogens with two attached hydrogens (primary N) is 1. The molecule has 6 heteroatoms. The summed E-state index contributed by atoms with van der Waals surface area (Å²) >= 11 is 0. The summed E-state index contributed by atoms with van der Waals surface area (Å²) in [7, 11) is 0. The van der Waals surface area contributed by atoms with Gasteiger partial charge in [0, 0.05) is 45.0 Å². The van der Waals surface area contributed by atoms with Crippen LogP contribution in [0.3, 0.4) is 0 Å². The van der Waals surface area contributed by atoms with Crippen LogP contribution >= 0.6 is 0 Å². The van der Waals surface area contributed by atoms with E-state index in [1.165, 1.54) is 0 Å². The van der Waals surface area contributed by atoms with Gasteiger partial charge >= 0.3 is 0 Å². The third-order valence-corrected chi connectivity index (χ3v) is 4.45. The zero-order valence-corrected chi connectivity index (χ0v) is 13.4. The Morgan fingerprint density at radius 3 is 2.61 bits per heavy atom. The summed E-state index contributed by atoms with van der Waals surface area (Å²) in [5.41, 5.74) is 6.39. The fourth-order valence-electron chi connectivity index (χ4n) is 3.02. The van der Waals surface area contributed by atoms with Crippen LogP contribution in [0, 0.1) is 0 Å². The summed E-state index contributed by atoms with van der Waals surface area (Å²) in [5, 5.41) is 0. The molecule has 0 spiro atoms. The Morgan fingerprint density at radius 2 is 1.96 bits per heavy atom. The molecule has 1 amide bonds. The highest BCUT2D eigenvalue weighted by molar-refractivity contribution is 5.81. The number of piperazine rings is 1. The Kier molecular flexibility index (Phi) is 5.35. The maximum atomic E-state index is 12.3. The number of carbonyl (C=O) groups is 1. The van der Waals surface area contributed by atoms with Gasteiger partial charge in [-0.15, -0.1) is 0 Å². The highest BCUT2D eigenvalue weighted by atomic mass is 16.5. The van der Waals surface area contributed by atoms with Crippen LogP contribution in [0.1, 0.15) is 12.8 Å². The molecular weight excluding hydrogens is 294 g/mol. The van der Waals surface area contributed by atoms with Gasteiger partial charge in [0.15, 0.2) is 0 Å². The third-order valence-electron chi connectivity index (χ3n) is 4.45. The highest BCUT2D eigenvalue weighted by Gasteiger charge is 2.30. The smallest absolute Gasteiger partial charge is 0.251 e. The SMILES string of the molecule is Nc1ccc(OCCN2CCN(C(=O)C3CCCO3)CC2)cc1. The molecule has 126 valence electrons. The molecule has 0 bridgehead atoms. The molecule has 6 nitrogen and oxygen atoms in total. The van der Waals surface area contributed by atoms with E-state index in [1.807, 2.05) is 29.2 Å². The standard InChI is InChI=1S/C17H25N3O3/c18-14-3-5-15(6-4-14)22-13-11-19-7-9-20(10-8-19)17(21)16-2-1-12-23-16/h3-6,16H,1-2,7-13,18H2. The lowest BCUT2D eigenvalue weighted by Gasteiger charge is -2.35. The van der Waals surface area contributed by atoms with Crippen molar-refractivity contribution in [3.8, 4) is 5.75 Å². The minimum Gasteiger partial charge on any atom is -0.492 e. The van der Waals surface area contributed by atoms with Gasteiger partial charge in [0.05, 0.1) is 0 Å². The number of ether oxygens (including phenoxy) is 2. The molecule has 0 aromatic heterocycles. The second kappa shape index (κ2) is 7.66. The average molecular weight is 319 g/mol. The van der Waals surface area contributed by atoms with Gasteiger partial charge < -0.3 is 20.1 Å². The molecule has 2 saturated heterocycles. The Morgan fingerprint density at radius 1 is 1.22 bits per heavy atom. The van der Waals surface area contributed by atoms with Crippen LogP contribution in [-0.2, 0) is 9.53 Å². The van der Waals surface area contributed by atoms with E-state index in [0.717, 1.165) is 63.6 Å². The molecule has 1 aromatic rings. The largest absolute Gasteiger partial charge is 0.492 e. The summed E-state index contributed by atoms with van der Waals surface area (Å²) in [6, 6.07) is 7.44. The molecule has 0 aliphatic carbocycles. The molecule has 0 saturated carbocycles. The lowest BCUT2D eigenvalue weighted by molar-refractivity contribution is -0.142. The van der Waals surface area contributed by atoms with Crippen LogP contribution in [0.5, 0.6) is 5.75 Å². The Hall–Kier alpha value is -1.79. The number of hydrogen-bond donors (Lipinski definition) is 1. The minimum absolute atomic E-state index is 0.167. The van der Waals surface area contributed by atoms with E-state index in [0.29, 0.717) is 6.61 Å². The molecule has 0 radical (unpaired) electrons. The molecule has 2 aliphatic rings. The highest BCUT2D eigenvalue weighted by Crippen LogP contribution is 2.16. The van der Waals surface area contributed by atoms with Crippen molar-refractivity contribution in [2.45, 2.75) is 18.9 Å². The van der Waals surface area contributed by atoms with Gasteiger partial charge in [0.25, 0.3) is 5.91 Å². The van der Waals surface area contributed by atoms with Crippen molar-refractivity contribution < 1.29 is 14.3 Å². The van der Waals surface area contributed by atoms with E-state index in [2.05, 4.69) is 4.90 Å². The summed E-state index contributed by atoms with van der Waals surface area (Å²) in [5.74, 6) is 1.01. The first kappa shape index (κ1) is 16.1. The zero-order chi connectivity index (χ0) is 16.1. The minimum atomic E-state index is -0.199. The fourth-order valence-corrected chi connectivity index (χ4v) is 3.02. The zero-order valence-electron chi connectivity index (χ0n) is 13.4. The topological polar surface area (TPSA) is 68.0 Å². The van der Waals surface area contributed by atoms with E-state index in [9.17, 15) is 4.79 Å². The van der Waals surface area contributed by atoms with Crippen LogP contribution in [-0.4, -0.2) is 67.7 Å². The van der Waals surface area contributed by atoms with Gasteiger partial charge in [-0.05, 0) is 37.1 Å². The molecule has 1 aromatic carbocycles. The van der Waals surface area contributed by atoms with E-state index >= 15 is 0 Å². The molecule has 2 heterocycles. The van der Waals surface area contributed by atoms with Gasteiger partial charge in [-0.2, -0.15) is 0 Å². The van der Waals surface area contributed by atoms with E-state index in [-0.39, 0.29) is 12.0 Å². The van der Waals surface area contributed by atoms with Crippen molar-refractivity contribution in [2.24, 2.45) is 0 Å². The van der Waals surface area contributed by atoms with Gasteiger partial charge in [0.1, 0.15) is 18.5 Å². The second-order valence-electron chi connectivity index (χ2n) is 6.09. The van der Waals surface area contributed by atoms with Crippen molar-refractivity contribution in [3.05, 3.63) is 24.3 Å². The van der Waals surface area contributed by atoms with Crippen molar-refractivity contribution in [1.82, 2.24) is 9.80 Å². The number of carbonyl (C=O) groups excluding carboxylic acids is 1. The van der Waals surface area contributed by atoms with Crippen LogP contribution < -0.4 is 10.5 Å². The lowest BCUT2D eigenvalue weighted by atomic mass is 10.2. The second-order valence-corrected chi connectivity index (χ2v) is 6.09. The van der Waals surface area contributed by atoms with Crippen molar-refractivity contribution >= 4 is 11.6 Å². The van der Waals surface area contributed by atoms with E-state index in [4.69, 9.17) is 15.2 Å². The number of nitrogens with zero attached hydrogens (tertiary/aromatic N) is 2. The van der Waals surface area contributed by atoms with Gasteiger partial charge in [0.2, 0.25) is 0 Å². The number of rotatable bonds is 5. The van der Waals surface area contributed by atoms with Gasteiger partial charge in [-0.1, -0.05) is 0 Å². The van der Waals surface area contributed by atoms with Gasteiger partial charge in [-0.25, -0.2) is 0 Å². The molecule has 2 N–H and O–H groups in total. The molecule has 3 rings (SSSR count). The van der Waals surface area contributed by atoms with Crippen LogP contribution in [0.2, 0.25) is 0 Å². The van der Waals surface area contributed by atoms with Gasteiger partial charge in [-0.3, -0.25) is 9.69 Å². The van der Waals surface area contributed by atoms with Crippen LogP contribution in [0.25, 0.3) is 0 Å². The first-order valence-electron chi connectivity index (χ1n) is 8.33. The van der Waals surface area contributed by atoms with Crippen LogP contribution in [0.4, 0.5) is 5.69 Å². The summed E-state index contributed by atoms with van der Waals surface area (Å²) < 4.78 is 11.2. The number of amides is 1. The van der Waals surface area contributed by atoms with Crippen LogP contribution in [0.15, 0.2) is 24.3 Å². The number of nitrogen functional groups attached to an aromatic ring is 1. The molecule has 2 fully saturated rings. The normalized spacial score (nSPS) is 22.3.